The first-order valence-electron chi connectivity index (χ1n) is 30.1. The normalized spacial score (nSPS) is 44.5. The predicted molar refractivity (Wildman–Crippen MR) is 308 cm³/mol. The molecule has 2 aliphatic carbocycles. The van der Waals surface area contributed by atoms with E-state index in [0.717, 1.165) is 0 Å². The molecule has 0 spiro atoms. The molecule has 87 heavy (non-hydrogen) atoms. The van der Waals surface area contributed by atoms with Crippen LogP contribution in [0.25, 0.3) is 0 Å². The number of rotatable bonds is 17. The Morgan fingerprint density at radius 1 is 0.506 bits per heavy atom. The van der Waals surface area contributed by atoms with Crippen molar-refractivity contribution in [2.45, 2.75) is 197 Å². The minimum Gasteiger partial charge on any atom is -0.394 e. The number of urea groups is 2. The van der Waals surface area contributed by atoms with E-state index in [1.807, 2.05) is 4.90 Å². The summed E-state index contributed by atoms with van der Waals surface area (Å²) in [7, 11) is 0. The molecule has 9 rings (SSSR count). The zero-order chi connectivity index (χ0) is 62.8. The lowest BCUT2D eigenvalue weighted by molar-refractivity contribution is -0.313. The number of piperazine rings is 2. The molecule has 0 aromatic heterocycles. The average Bonchev–Trinajstić information content (AvgIpc) is 1.50. The molecule has 1 aromatic rings. The van der Waals surface area contributed by atoms with Crippen LogP contribution in [0.15, 0.2) is 24.3 Å². The van der Waals surface area contributed by atoms with Gasteiger partial charge in [-0.2, -0.15) is 0 Å². The Bertz CT molecular complexity index is 2360. The van der Waals surface area contributed by atoms with Crippen LogP contribution in [0.4, 0.5) is 21.0 Å². The van der Waals surface area contributed by atoms with Gasteiger partial charge in [-0.1, -0.05) is 0 Å². The van der Waals surface area contributed by atoms with E-state index in [1.54, 1.807) is 34.1 Å². The van der Waals surface area contributed by atoms with Gasteiger partial charge in [-0.25, -0.2) is 9.59 Å². The van der Waals surface area contributed by atoms with Gasteiger partial charge in [0.05, 0.1) is 66.9 Å². The highest BCUT2D eigenvalue weighted by molar-refractivity contribution is 5.91. The summed E-state index contributed by atoms with van der Waals surface area (Å²) in [5.74, 6) is 0. The van der Waals surface area contributed by atoms with Gasteiger partial charge in [-0.3, -0.25) is 9.80 Å². The predicted octanol–water partition coefficient (Wildman–Crippen LogP) is -10.2. The molecule has 8 aliphatic rings. The number of hydrogen-bond acceptors (Lipinski definition) is 30. The van der Waals surface area contributed by atoms with E-state index in [1.165, 1.54) is 0 Å². The van der Waals surface area contributed by atoms with E-state index in [0.29, 0.717) is 70.3 Å². The quantitative estimate of drug-likeness (QED) is 0.0689. The van der Waals surface area contributed by atoms with Crippen molar-refractivity contribution >= 4 is 23.4 Å². The van der Waals surface area contributed by atoms with Gasteiger partial charge in [0.2, 0.25) is 0 Å². The van der Waals surface area contributed by atoms with E-state index < -0.39 is 171 Å². The lowest BCUT2D eigenvalue weighted by atomic mass is 9.83. The number of nitrogens with two attached hydrogens (primary N) is 10. The number of aliphatic hydroxyl groups excluding tert-OH is 8. The summed E-state index contributed by atoms with van der Waals surface area (Å²) in [5.41, 5.74) is 62.0. The smallest absolute Gasteiger partial charge is 0.321 e. The third-order valence-corrected chi connectivity index (χ3v) is 18.4. The number of amides is 4. The van der Waals surface area contributed by atoms with Gasteiger partial charge in [0.15, 0.2) is 25.2 Å². The molecule has 4 amide bonds. The van der Waals surface area contributed by atoms with Crippen LogP contribution in [0.1, 0.15) is 32.1 Å². The van der Waals surface area contributed by atoms with Crippen LogP contribution >= 0.6 is 0 Å². The Balaban J connectivity index is 0.698. The number of nitrogens with one attached hydrogen (secondary N) is 2. The molecule has 2 saturated carbocycles. The summed E-state index contributed by atoms with van der Waals surface area (Å²) < 4.78 is 48.6. The van der Waals surface area contributed by atoms with Crippen LogP contribution in [-0.2, 0) is 37.9 Å². The van der Waals surface area contributed by atoms with Gasteiger partial charge in [-0.05, 0) is 56.4 Å². The Labute approximate surface area is 504 Å². The first kappa shape index (κ1) is 68.0. The Morgan fingerprint density at radius 3 is 1.31 bits per heavy atom. The van der Waals surface area contributed by atoms with Crippen molar-refractivity contribution < 1.29 is 88.3 Å². The van der Waals surface area contributed by atoms with Crippen LogP contribution in [0.5, 0.6) is 0 Å². The second-order valence-electron chi connectivity index (χ2n) is 24.8. The maximum atomic E-state index is 13.5. The van der Waals surface area contributed by atoms with Crippen LogP contribution < -0.4 is 68.0 Å². The molecule has 34 nitrogen and oxygen atoms in total. The summed E-state index contributed by atoms with van der Waals surface area (Å²) >= 11 is 0. The molecule has 496 valence electrons. The van der Waals surface area contributed by atoms with Gasteiger partial charge in [0.1, 0.15) is 54.9 Å². The molecule has 6 aliphatic heterocycles. The van der Waals surface area contributed by atoms with Crippen molar-refractivity contribution in [3.8, 4) is 0 Å². The highest BCUT2D eigenvalue weighted by Crippen LogP contribution is 2.35. The van der Waals surface area contributed by atoms with Crippen molar-refractivity contribution in [3.05, 3.63) is 24.3 Å². The fraction of sp³-hybridized carbons (Fsp3) is 0.849. The third-order valence-electron chi connectivity index (χ3n) is 18.4. The molecule has 34 heteroatoms. The summed E-state index contributed by atoms with van der Waals surface area (Å²) in [6.45, 7) is 2.95. The number of benzene rings is 1. The van der Waals surface area contributed by atoms with Gasteiger partial charge in [-0.15, -0.1) is 0 Å². The second-order valence-corrected chi connectivity index (χ2v) is 24.8. The fourth-order valence-electron chi connectivity index (χ4n) is 13.0. The van der Waals surface area contributed by atoms with Crippen LogP contribution in [0.2, 0.25) is 0 Å². The summed E-state index contributed by atoms with van der Waals surface area (Å²) in [5, 5.41) is 93.6. The van der Waals surface area contributed by atoms with Crippen LogP contribution in [0.3, 0.4) is 0 Å². The molecule has 27 unspecified atom stereocenters. The van der Waals surface area contributed by atoms with E-state index in [4.69, 9.17) is 95.2 Å². The number of aliphatic hydroxyl groups is 8. The first-order valence-corrected chi connectivity index (χ1v) is 30.1. The highest BCUT2D eigenvalue weighted by Gasteiger charge is 2.54. The molecule has 6 heterocycles. The maximum absolute atomic E-state index is 13.5. The summed E-state index contributed by atoms with van der Waals surface area (Å²) in [6.07, 6.45) is -20.8. The van der Waals surface area contributed by atoms with Gasteiger partial charge >= 0.3 is 12.1 Å². The van der Waals surface area contributed by atoms with Crippen molar-refractivity contribution in [2.24, 2.45) is 57.3 Å². The van der Waals surface area contributed by atoms with Gasteiger partial charge < -0.3 is 157 Å². The maximum Gasteiger partial charge on any atom is 0.321 e. The number of carbonyl (C=O) groups is 2. The zero-order valence-electron chi connectivity index (χ0n) is 48.8. The first-order chi connectivity index (χ1) is 41.4. The van der Waals surface area contributed by atoms with Crippen LogP contribution in [0, 0.1) is 0 Å². The monoisotopic (exact) mass is 1240 g/mol. The molecule has 27 atom stereocenters. The van der Waals surface area contributed by atoms with Gasteiger partial charge in [0, 0.05) is 114 Å². The molecular formula is C53H96N16O18. The Kier molecular flexibility index (Phi) is 23.1. The molecule has 0 bridgehead atoms. The molecule has 8 fully saturated rings. The summed E-state index contributed by atoms with van der Waals surface area (Å²) in [4.78, 5) is 34.2. The van der Waals surface area contributed by atoms with E-state index >= 15 is 0 Å². The van der Waals surface area contributed by atoms with Crippen molar-refractivity contribution in [2.75, 3.05) is 95.8 Å². The zero-order valence-corrected chi connectivity index (χ0v) is 48.8. The Hall–Kier alpha value is -3.36. The van der Waals surface area contributed by atoms with Crippen molar-refractivity contribution in [3.63, 3.8) is 0 Å². The molecule has 1 aromatic carbocycles. The summed E-state index contributed by atoms with van der Waals surface area (Å²) in [6, 6.07) is 0.148. The van der Waals surface area contributed by atoms with Crippen LogP contribution in [-0.4, -0.2) is 322 Å². The minimum absolute atomic E-state index is 0.0110. The highest BCUT2D eigenvalue weighted by atomic mass is 16.7. The topological polar surface area (TPSA) is 567 Å². The van der Waals surface area contributed by atoms with Crippen molar-refractivity contribution in [1.82, 2.24) is 19.6 Å². The van der Waals surface area contributed by atoms with E-state index in [-0.39, 0.29) is 63.8 Å². The molecular weight excluding hydrogens is 1150 g/mol. The molecule has 0 radical (unpaired) electrons. The average molecular weight is 1250 g/mol. The number of hydrogen-bond donors (Lipinski definition) is 20. The Morgan fingerprint density at radius 2 is 0.897 bits per heavy atom. The standard InChI is InChI=1S/C53H96N16O18/c54-18-34-32(71)15-30(60)47(81-34)84-42-26(56)13-28(58)44(40(42)75)86-49-39(74)37(62)38(73)36(83-49)21-67-7-11-69(12-8-67)52(79)65-24-3-1-23(2-4-24)64-51(78)68-9-5-66(6-10-68)20-25-17-53(63,22-70)46(77)50(80-25)87-45-29(59)14-27(57)43(41(45)76)85-48-31(61)16-33(72)35(19-55)82-48/h1-4,25-50,70-77H,5-22,54-63H2,(H,64,78)(H,65,79). The van der Waals surface area contributed by atoms with Gasteiger partial charge in [0.25, 0.3) is 0 Å². The van der Waals surface area contributed by atoms with Crippen molar-refractivity contribution in [1.29, 1.82) is 0 Å². The minimum atomic E-state index is -1.55. The number of anilines is 2. The molecule has 30 N–H and O–H groups in total. The number of ether oxygens (including phenoxy) is 8. The fourth-order valence-corrected chi connectivity index (χ4v) is 13.0. The number of carbonyl (C=O) groups excluding carboxylic acids is 2. The largest absolute Gasteiger partial charge is 0.394 e. The SMILES string of the molecule is NCC1OC(OC2C(N)CC(N)C(OC3OC(CN4CCN(C(=O)Nc5ccc(NC(=O)N6CCN(CC7CC(N)(CO)C(O)C(OC8C(N)CC(N)C(OC9OC(CN)C(O)CC9N)C8O)O7)CC6)cc5)CC4)C(O)C(N)C3O)C2O)C(N)CC1O. The lowest BCUT2D eigenvalue weighted by Crippen LogP contribution is -2.69. The van der Waals surface area contributed by atoms with E-state index in [2.05, 4.69) is 15.5 Å². The number of nitrogens with zero attached hydrogens (tertiary/aromatic N) is 4. The lowest BCUT2D eigenvalue weighted by Gasteiger charge is -2.50. The van der Waals surface area contributed by atoms with E-state index in [9.17, 15) is 50.4 Å². The second kappa shape index (κ2) is 29.5. The third kappa shape index (κ3) is 15.8. The molecule has 6 saturated heterocycles.